The highest BCUT2D eigenvalue weighted by atomic mass is 16.3. The van der Waals surface area contributed by atoms with Crippen LogP contribution in [0.5, 0.6) is 0 Å². The molecule has 0 aromatic rings. The van der Waals surface area contributed by atoms with Gasteiger partial charge in [-0.3, -0.25) is 0 Å². The van der Waals surface area contributed by atoms with E-state index in [1.165, 1.54) is 6.42 Å². The first-order valence-corrected chi connectivity index (χ1v) is 4.96. The lowest BCUT2D eigenvalue weighted by Gasteiger charge is -2.28. The lowest BCUT2D eigenvalue weighted by atomic mass is 9.81. The van der Waals surface area contributed by atoms with Gasteiger partial charge in [-0.25, -0.2) is 0 Å². The Morgan fingerprint density at radius 3 is 2.58 bits per heavy atom. The van der Waals surface area contributed by atoms with Gasteiger partial charge in [-0.2, -0.15) is 0 Å². The van der Waals surface area contributed by atoms with Crippen molar-refractivity contribution in [3.63, 3.8) is 0 Å². The summed E-state index contributed by atoms with van der Waals surface area (Å²) in [6.45, 7) is 6.42. The van der Waals surface area contributed by atoms with Crippen LogP contribution in [0.4, 0.5) is 0 Å². The molecule has 1 aliphatic rings. The molecule has 1 N–H and O–H groups in total. The van der Waals surface area contributed by atoms with Gasteiger partial charge in [0.05, 0.1) is 6.10 Å². The largest absolute Gasteiger partial charge is 0.392 e. The molecule has 0 aromatic carbocycles. The standard InChI is InChI=1S/C11H20O/c1-8(2)11(12)10-6-4-5-9(3)7-10/h4,6,8-12H,5,7H2,1-3H3. The Morgan fingerprint density at radius 1 is 1.42 bits per heavy atom. The summed E-state index contributed by atoms with van der Waals surface area (Å²) in [5.74, 6) is 1.52. The van der Waals surface area contributed by atoms with E-state index in [9.17, 15) is 5.11 Å². The predicted octanol–water partition coefficient (Wildman–Crippen LogP) is 2.61. The quantitative estimate of drug-likeness (QED) is 0.628. The van der Waals surface area contributed by atoms with E-state index >= 15 is 0 Å². The Morgan fingerprint density at radius 2 is 2.08 bits per heavy atom. The van der Waals surface area contributed by atoms with Gasteiger partial charge in [0, 0.05) is 5.92 Å². The molecule has 70 valence electrons. The average molecular weight is 168 g/mol. The molecule has 0 aliphatic heterocycles. The van der Waals surface area contributed by atoms with Gasteiger partial charge in [0.15, 0.2) is 0 Å². The highest BCUT2D eigenvalue weighted by Crippen LogP contribution is 2.27. The van der Waals surface area contributed by atoms with Crippen LogP contribution in [0.25, 0.3) is 0 Å². The van der Waals surface area contributed by atoms with Crippen LogP contribution in [-0.2, 0) is 0 Å². The number of aliphatic hydroxyl groups is 1. The molecular formula is C11H20O. The van der Waals surface area contributed by atoms with E-state index in [4.69, 9.17) is 0 Å². The minimum Gasteiger partial charge on any atom is -0.392 e. The molecular weight excluding hydrogens is 148 g/mol. The molecule has 0 saturated carbocycles. The molecule has 0 aromatic heterocycles. The summed E-state index contributed by atoms with van der Waals surface area (Å²) in [7, 11) is 0. The van der Waals surface area contributed by atoms with Crippen molar-refractivity contribution in [1.29, 1.82) is 0 Å². The zero-order chi connectivity index (χ0) is 9.14. The fourth-order valence-corrected chi connectivity index (χ4v) is 1.87. The monoisotopic (exact) mass is 168 g/mol. The summed E-state index contributed by atoms with van der Waals surface area (Å²) in [6, 6.07) is 0. The summed E-state index contributed by atoms with van der Waals surface area (Å²) in [5.41, 5.74) is 0. The van der Waals surface area contributed by atoms with E-state index in [1.807, 2.05) is 0 Å². The van der Waals surface area contributed by atoms with Gasteiger partial charge in [0.1, 0.15) is 0 Å². The van der Waals surface area contributed by atoms with Crippen molar-refractivity contribution in [3.8, 4) is 0 Å². The molecule has 0 spiro atoms. The summed E-state index contributed by atoms with van der Waals surface area (Å²) in [5, 5.41) is 9.82. The van der Waals surface area contributed by atoms with Crippen LogP contribution < -0.4 is 0 Å². The number of rotatable bonds is 2. The second-order valence-corrected chi connectivity index (χ2v) is 4.40. The molecule has 0 heterocycles. The predicted molar refractivity (Wildman–Crippen MR) is 51.9 cm³/mol. The number of allylic oxidation sites excluding steroid dienone is 1. The third-order valence-corrected chi connectivity index (χ3v) is 2.72. The SMILES string of the molecule is CC1CC=CC(C(O)C(C)C)C1. The Kier molecular flexibility index (Phi) is 3.33. The maximum absolute atomic E-state index is 9.82. The van der Waals surface area contributed by atoms with Crippen molar-refractivity contribution in [2.45, 2.75) is 39.7 Å². The maximum atomic E-state index is 9.82. The minimum atomic E-state index is -0.149. The van der Waals surface area contributed by atoms with E-state index in [-0.39, 0.29) is 6.10 Å². The highest BCUT2D eigenvalue weighted by molar-refractivity contribution is 4.98. The Labute approximate surface area is 75.5 Å². The van der Waals surface area contributed by atoms with Crippen LogP contribution in [0.3, 0.4) is 0 Å². The number of aliphatic hydroxyl groups excluding tert-OH is 1. The maximum Gasteiger partial charge on any atom is 0.0625 e. The fourth-order valence-electron chi connectivity index (χ4n) is 1.87. The molecule has 12 heavy (non-hydrogen) atoms. The lowest BCUT2D eigenvalue weighted by Crippen LogP contribution is -2.27. The van der Waals surface area contributed by atoms with Crippen LogP contribution in [-0.4, -0.2) is 11.2 Å². The summed E-state index contributed by atoms with van der Waals surface area (Å²) in [4.78, 5) is 0. The van der Waals surface area contributed by atoms with Crippen molar-refractivity contribution in [1.82, 2.24) is 0 Å². The van der Waals surface area contributed by atoms with E-state index < -0.39 is 0 Å². The Bertz CT molecular complexity index is 160. The lowest BCUT2D eigenvalue weighted by molar-refractivity contribution is 0.0717. The van der Waals surface area contributed by atoms with Crippen LogP contribution >= 0.6 is 0 Å². The summed E-state index contributed by atoms with van der Waals surface area (Å²) < 4.78 is 0. The number of hydrogen-bond donors (Lipinski definition) is 1. The van der Waals surface area contributed by atoms with Crippen molar-refractivity contribution in [3.05, 3.63) is 12.2 Å². The molecule has 1 aliphatic carbocycles. The second-order valence-electron chi connectivity index (χ2n) is 4.40. The first-order valence-electron chi connectivity index (χ1n) is 4.96. The molecule has 3 unspecified atom stereocenters. The van der Waals surface area contributed by atoms with Crippen molar-refractivity contribution < 1.29 is 5.11 Å². The average Bonchev–Trinajstić information content (AvgIpc) is 2.03. The molecule has 1 nitrogen and oxygen atoms in total. The minimum absolute atomic E-state index is 0.149. The normalized spacial score (nSPS) is 32.4. The van der Waals surface area contributed by atoms with Crippen LogP contribution in [0.2, 0.25) is 0 Å². The van der Waals surface area contributed by atoms with Crippen LogP contribution in [0, 0.1) is 17.8 Å². The van der Waals surface area contributed by atoms with Gasteiger partial charge < -0.3 is 5.11 Å². The van der Waals surface area contributed by atoms with Gasteiger partial charge in [-0.1, -0.05) is 32.9 Å². The van der Waals surface area contributed by atoms with Gasteiger partial charge >= 0.3 is 0 Å². The first kappa shape index (κ1) is 9.79. The summed E-state index contributed by atoms with van der Waals surface area (Å²) >= 11 is 0. The van der Waals surface area contributed by atoms with Crippen molar-refractivity contribution in [2.24, 2.45) is 17.8 Å². The summed E-state index contributed by atoms with van der Waals surface area (Å²) in [6.07, 6.45) is 6.58. The van der Waals surface area contributed by atoms with Crippen LogP contribution in [0.15, 0.2) is 12.2 Å². The second kappa shape index (κ2) is 4.08. The van der Waals surface area contributed by atoms with Crippen molar-refractivity contribution >= 4 is 0 Å². The molecule has 1 heteroatoms. The molecule has 0 radical (unpaired) electrons. The highest BCUT2D eigenvalue weighted by Gasteiger charge is 2.23. The van der Waals surface area contributed by atoms with Gasteiger partial charge in [-0.05, 0) is 24.7 Å². The molecule has 1 rings (SSSR count). The zero-order valence-corrected chi connectivity index (χ0v) is 8.33. The molecule has 0 fully saturated rings. The van der Waals surface area contributed by atoms with Gasteiger partial charge in [-0.15, -0.1) is 0 Å². The molecule has 0 bridgehead atoms. The third-order valence-electron chi connectivity index (χ3n) is 2.72. The van der Waals surface area contributed by atoms with E-state index in [0.29, 0.717) is 11.8 Å². The first-order chi connectivity index (χ1) is 5.61. The Balaban J connectivity index is 2.51. The topological polar surface area (TPSA) is 20.2 Å². The molecule has 3 atom stereocenters. The smallest absolute Gasteiger partial charge is 0.0625 e. The Hall–Kier alpha value is -0.300. The van der Waals surface area contributed by atoms with Crippen LogP contribution in [0.1, 0.15) is 33.6 Å². The zero-order valence-electron chi connectivity index (χ0n) is 8.33. The molecule has 0 saturated heterocycles. The van der Waals surface area contributed by atoms with E-state index in [2.05, 4.69) is 32.9 Å². The van der Waals surface area contributed by atoms with Gasteiger partial charge in [0.25, 0.3) is 0 Å². The number of hydrogen-bond acceptors (Lipinski definition) is 1. The van der Waals surface area contributed by atoms with Gasteiger partial charge in [0.2, 0.25) is 0 Å². The van der Waals surface area contributed by atoms with Crippen molar-refractivity contribution in [2.75, 3.05) is 0 Å². The third kappa shape index (κ3) is 2.34. The molecule has 0 amide bonds. The van der Waals surface area contributed by atoms with E-state index in [1.54, 1.807) is 0 Å². The van der Waals surface area contributed by atoms with E-state index in [0.717, 1.165) is 12.3 Å². The fraction of sp³-hybridized carbons (Fsp3) is 0.818.